The quantitative estimate of drug-likeness (QED) is 0.506. The molecule has 118 valence electrons. The van der Waals surface area contributed by atoms with Gasteiger partial charge in [-0.2, -0.15) is 4.98 Å². The molecule has 2 aromatic rings. The molecule has 0 amide bonds. The Kier molecular flexibility index (Phi) is 3.06. The summed E-state index contributed by atoms with van der Waals surface area (Å²) in [7, 11) is 1.37. The fourth-order valence-electron chi connectivity index (χ4n) is 2.85. The van der Waals surface area contributed by atoms with Gasteiger partial charge in [-0.15, -0.1) is 0 Å². The van der Waals surface area contributed by atoms with Gasteiger partial charge in [-0.3, -0.25) is 13.9 Å². The van der Waals surface area contributed by atoms with E-state index in [-0.39, 0.29) is 17.1 Å². The Morgan fingerprint density at radius 1 is 1.00 bits per heavy atom. The van der Waals surface area contributed by atoms with E-state index in [1.807, 2.05) is 18.2 Å². The first-order valence-corrected chi connectivity index (χ1v) is 7.34. The molecular weight excluding hydrogens is 309 g/mol. The van der Waals surface area contributed by atoms with Gasteiger partial charge in [0.25, 0.3) is 5.56 Å². The molecule has 0 saturated carbocycles. The Morgan fingerprint density at radius 2 is 1.71 bits per heavy atom. The van der Waals surface area contributed by atoms with Crippen LogP contribution in [-0.2, 0) is 7.05 Å². The standard InChI is InChI=1S/C18H12FN3O2/c1-21-17(23)12-10-11-6-2-4-8-14(11)22(16(12)20-18(21)24)15-9-5-3-7-13(15)19/h2-10H,1H3. The fraction of sp³-hybridized carbons (Fsp3) is 0.0556. The summed E-state index contributed by atoms with van der Waals surface area (Å²) in [4.78, 5) is 28.5. The third kappa shape index (κ3) is 1.96. The maximum Gasteiger partial charge on any atom is 0.352 e. The molecule has 0 unspecified atom stereocenters. The van der Waals surface area contributed by atoms with E-state index in [0.717, 1.165) is 9.95 Å². The summed E-state index contributed by atoms with van der Waals surface area (Å²) < 4.78 is 16.9. The maximum atomic E-state index is 14.4. The minimum atomic E-state index is -0.673. The minimum Gasteiger partial charge on any atom is -0.291 e. The van der Waals surface area contributed by atoms with Crippen LogP contribution in [0.15, 0.2) is 64.2 Å². The molecule has 0 radical (unpaired) electrons. The zero-order chi connectivity index (χ0) is 16.8. The molecule has 5 nitrogen and oxygen atoms in total. The number of benzene rings is 2. The number of pyridine rings is 1. The average molecular weight is 321 g/mol. The van der Waals surface area contributed by atoms with Crippen molar-refractivity contribution in [3.05, 3.63) is 81.3 Å². The average Bonchev–Trinajstić information content (AvgIpc) is 2.59. The SMILES string of the molecule is Cn1c(=O)nc2n(-c3ccccc3F)c3ccccc3cc-2c1=O. The first-order valence-electron chi connectivity index (χ1n) is 7.34. The highest BCUT2D eigenvalue weighted by Gasteiger charge is 2.20. The van der Waals surface area contributed by atoms with Crippen LogP contribution >= 0.6 is 0 Å². The van der Waals surface area contributed by atoms with Gasteiger partial charge in [0.05, 0.1) is 16.8 Å². The lowest BCUT2D eigenvalue weighted by Crippen LogP contribution is -2.35. The molecule has 2 aliphatic rings. The number of halogens is 1. The Morgan fingerprint density at radius 3 is 2.50 bits per heavy atom. The van der Waals surface area contributed by atoms with Crippen molar-refractivity contribution in [3.8, 4) is 17.1 Å². The molecule has 6 heteroatoms. The van der Waals surface area contributed by atoms with Gasteiger partial charge in [0.1, 0.15) is 5.82 Å². The van der Waals surface area contributed by atoms with Crippen molar-refractivity contribution >= 4 is 10.9 Å². The van der Waals surface area contributed by atoms with Crippen LogP contribution < -0.4 is 11.2 Å². The van der Waals surface area contributed by atoms with E-state index < -0.39 is 17.1 Å². The number of aromatic nitrogens is 3. The summed E-state index contributed by atoms with van der Waals surface area (Å²) >= 11 is 0. The zero-order valence-electron chi connectivity index (χ0n) is 12.7. The van der Waals surface area contributed by atoms with E-state index in [4.69, 9.17) is 0 Å². The van der Waals surface area contributed by atoms with Crippen molar-refractivity contribution in [2.45, 2.75) is 0 Å². The van der Waals surface area contributed by atoms with Crippen LogP contribution in [0.4, 0.5) is 4.39 Å². The molecule has 0 aliphatic carbocycles. The summed E-state index contributed by atoms with van der Waals surface area (Å²) in [6, 6.07) is 15.1. The minimum absolute atomic E-state index is 0.145. The highest BCUT2D eigenvalue weighted by molar-refractivity contribution is 5.87. The van der Waals surface area contributed by atoms with Crippen molar-refractivity contribution in [2.75, 3.05) is 0 Å². The molecule has 2 aromatic carbocycles. The van der Waals surface area contributed by atoms with E-state index in [1.165, 1.54) is 17.7 Å². The van der Waals surface area contributed by atoms with Gasteiger partial charge in [0.15, 0.2) is 5.82 Å². The van der Waals surface area contributed by atoms with Crippen molar-refractivity contribution in [2.24, 2.45) is 7.05 Å². The molecule has 0 spiro atoms. The van der Waals surface area contributed by atoms with Crippen LogP contribution in [0.3, 0.4) is 0 Å². The highest BCUT2D eigenvalue weighted by Crippen LogP contribution is 2.28. The maximum absolute atomic E-state index is 14.4. The number of hydrogen-bond acceptors (Lipinski definition) is 3. The normalized spacial score (nSPS) is 11.2. The summed E-state index contributed by atoms with van der Waals surface area (Å²) in [5.74, 6) is -0.318. The first-order chi connectivity index (χ1) is 11.6. The molecule has 0 aromatic heterocycles. The number of rotatable bonds is 1. The van der Waals surface area contributed by atoms with Gasteiger partial charge in [0, 0.05) is 7.05 Å². The second kappa shape index (κ2) is 5.13. The summed E-state index contributed by atoms with van der Waals surface area (Å²) in [6.45, 7) is 0. The van der Waals surface area contributed by atoms with E-state index in [0.29, 0.717) is 5.52 Å². The molecule has 0 N–H and O–H groups in total. The lowest BCUT2D eigenvalue weighted by molar-refractivity contribution is 0.618. The molecule has 0 fully saturated rings. The number of hydrogen-bond donors (Lipinski definition) is 0. The summed E-state index contributed by atoms with van der Waals surface area (Å²) in [6.07, 6.45) is 0. The Hall–Kier alpha value is -3.28. The predicted octanol–water partition coefficient (Wildman–Crippen LogP) is 2.33. The lowest BCUT2D eigenvalue weighted by Gasteiger charge is -2.18. The van der Waals surface area contributed by atoms with Crippen LogP contribution in [0.25, 0.3) is 28.0 Å². The Balaban J connectivity index is 2.31. The molecule has 4 rings (SSSR count). The highest BCUT2D eigenvalue weighted by atomic mass is 19.1. The molecule has 0 atom stereocenters. The van der Waals surface area contributed by atoms with Crippen LogP contribution in [0.5, 0.6) is 0 Å². The lowest BCUT2D eigenvalue weighted by atomic mass is 10.1. The fourth-order valence-corrected chi connectivity index (χ4v) is 2.85. The smallest absolute Gasteiger partial charge is 0.291 e. The van der Waals surface area contributed by atoms with Crippen molar-refractivity contribution in [1.29, 1.82) is 0 Å². The summed E-state index contributed by atoms with van der Waals surface area (Å²) in [5.41, 5.74) is 0.0301. The third-order valence-electron chi connectivity index (χ3n) is 4.05. The zero-order valence-corrected chi connectivity index (χ0v) is 12.7. The first kappa shape index (κ1) is 14.3. The molecular formula is C18H12FN3O2. The van der Waals surface area contributed by atoms with E-state index in [9.17, 15) is 14.0 Å². The predicted molar refractivity (Wildman–Crippen MR) is 89.2 cm³/mol. The van der Waals surface area contributed by atoms with E-state index in [2.05, 4.69) is 4.98 Å². The monoisotopic (exact) mass is 321 g/mol. The number of para-hydroxylation sites is 2. The number of nitrogens with zero attached hydrogens (tertiary/aromatic N) is 3. The molecule has 0 saturated heterocycles. The molecule has 2 aliphatic heterocycles. The molecule has 24 heavy (non-hydrogen) atoms. The largest absolute Gasteiger partial charge is 0.352 e. The van der Waals surface area contributed by atoms with Gasteiger partial charge < -0.3 is 0 Å². The summed E-state index contributed by atoms with van der Waals surface area (Å²) in [5, 5.41) is 0.755. The molecule has 2 heterocycles. The van der Waals surface area contributed by atoms with Crippen LogP contribution in [0, 0.1) is 5.82 Å². The van der Waals surface area contributed by atoms with Crippen LogP contribution in [0.1, 0.15) is 0 Å². The second-order valence-corrected chi connectivity index (χ2v) is 5.49. The van der Waals surface area contributed by atoms with Gasteiger partial charge in [0.2, 0.25) is 0 Å². The topological polar surface area (TPSA) is 56.9 Å². The van der Waals surface area contributed by atoms with E-state index in [1.54, 1.807) is 30.3 Å². The van der Waals surface area contributed by atoms with Crippen LogP contribution in [-0.4, -0.2) is 14.1 Å². The van der Waals surface area contributed by atoms with Crippen molar-refractivity contribution in [3.63, 3.8) is 0 Å². The van der Waals surface area contributed by atoms with E-state index >= 15 is 0 Å². The van der Waals surface area contributed by atoms with Gasteiger partial charge in [-0.25, -0.2) is 9.18 Å². The van der Waals surface area contributed by atoms with Gasteiger partial charge >= 0.3 is 5.69 Å². The third-order valence-corrected chi connectivity index (χ3v) is 4.05. The number of fused-ring (bicyclic) bond motifs is 2. The van der Waals surface area contributed by atoms with Gasteiger partial charge in [-0.1, -0.05) is 30.3 Å². The van der Waals surface area contributed by atoms with Crippen LogP contribution in [0.2, 0.25) is 0 Å². The van der Waals surface area contributed by atoms with Gasteiger partial charge in [-0.05, 0) is 29.7 Å². The molecule has 0 bridgehead atoms. The van der Waals surface area contributed by atoms with Crippen molar-refractivity contribution in [1.82, 2.24) is 14.1 Å². The Labute approximate surface area is 135 Å². The second-order valence-electron chi connectivity index (χ2n) is 5.49. The van der Waals surface area contributed by atoms with Crippen molar-refractivity contribution < 1.29 is 4.39 Å². The Bertz CT molecular complexity index is 1180.